The lowest BCUT2D eigenvalue weighted by molar-refractivity contribution is 0.373. The Hall–Kier alpha value is 0.467. The Balaban J connectivity index is 0. The molecule has 0 saturated heterocycles. The van der Waals surface area contributed by atoms with E-state index in [-0.39, 0.29) is 0 Å². The molecule has 0 atom stereocenters. The standard InChI is InChI=1S/C5H13N.ClH3Si/c1-4-6(3)5-2;1-2/h4-5H2,1-3H3;2H3. The molecule has 0 spiro atoms. The number of halogens is 1. The van der Waals surface area contributed by atoms with Crippen molar-refractivity contribution in [2.45, 2.75) is 13.8 Å². The predicted octanol–water partition coefficient (Wildman–Crippen LogP) is 0.464. The van der Waals surface area contributed by atoms with Gasteiger partial charge in [-0.1, -0.05) is 13.8 Å². The normalized spacial score (nSPS) is 8.62. The molecular weight excluding hydrogens is 138 g/mol. The van der Waals surface area contributed by atoms with Crippen molar-refractivity contribution in [2.24, 2.45) is 0 Å². The van der Waals surface area contributed by atoms with E-state index in [1.165, 1.54) is 0 Å². The van der Waals surface area contributed by atoms with Crippen LogP contribution in [0.2, 0.25) is 0 Å². The van der Waals surface area contributed by atoms with Gasteiger partial charge in [-0.25, -0.2) is 0 Å². The molecule has 0 amide bonds. The fourth-order valence-corrected chi connectivity index (χ4v) is 0.224. The van der Waals surface area contributed by atoms with Gasteiger partial charge in [-0.3, -0.25) is 0 Å². The summed E-state index contributed by atoms with van der Waals surface area (Å²) in [6.07, 6.45) is 0. The Morgan fingerprint density at radius 3 is 1.50 bits per heavy atom. The van der Waals surface area contributed by atoms with Crippen molar-refractivity contribution in [3.63, 3.8) is 0 Å². The third kappa shape index (κ3) is 9.69. The van der Waals surface area contributed by atoms with Gasteiger partial charge >= 0.3 is 0 Å². The van der Waals surface area contributed by atoms with E-state index in [4.69, 9.17) is 11.1 Å². The van der Waals surface area contributed by atoms with E-state index in [9.17, 15) is 0 Å². The first-order valence-electron chi connectivity index (χ1n) is 2.87. The van der Waals surface area contributed by atoms with Crippen molar-refractivity contribution in [1.82, 2.24) is 4.90 Å². The van der Waals surface area contributed by atoms with Crippen molar-refractivity contribution >= 4 is 20.6 Å². The van der Waals surface area contributed by atoms with E-state index < -0.39 is 0 Å². The van der Waals surface area contributed by atoms with Gasteiger partial charge in [0.25, 0.3) is 0 Å². The number of rotatable bonds is 2. The van der Waals surface area contributed by atoms with Crippen LogP contribution in [0.1, 0.15) is 13.8 Å². The fourth-order valence-electron chi connectivity index (χ4n) is 0.224. The summed E-state index contributed by atoms with van der Waals surface area (Å²) < 4.78 is 0. The highest BCUT2D eigenvalue weighted by Crippen LogP contribution is 1.73. The SMILES string of the molecule is CCN(C)CC.[SiH3]Cl. The Kier molecular flexibility index (Phi) is 14.7. The fraction of sp³-hybridized carbons (Fsp3) is 1.00. The summed E-state index contributed by atoms with van der Waals surface area (Å²) in [5, 5.41) is 0. The maximum absolute atomic E-state index is 4.78. The zero-order valence-electron chi connectivity index (χ0n) is 6.24. The van der Waals surface area contributed by atoms with Crippen molar-refractivity contribution in [2.75, 3.05) is 20.1 Å². The number of nitrogens with zero attached hydrogens (tertiary/aromatic N) is 1. The summed E-state index contributed by atoms with van der Waals surface area (Å²) in [5.41, 5.74) is 0. The largest absolute Gasteiger partial charge is 0.307 e. The van der Waals surface area contributed by atoms with Gasteiger partial charge < -0.3 is 4.90 Å². The third-order valence-electron chi connectivity index (χ3n) is 1.08. The zero-order valence-corrected chi connectivity index (χ0v) is 9.00. The molecule has 0 aliphatic heterocycles. The Labute approximate surface area is 60.1 Å². The monoisotopic (exact) mass is 153 g/mol. The van der Waals surface area contributed by atoms with Gasteiger partial charge in [-0.05, 0) is 20.1 Å². The molecule has 0 bridgehead atoms. The first-order valence-corrected chi connectivity index (χ1v) is 5.90. The molecular formula is C5H16ClNSi. The summed E-state index contributed by atoms with van der Waals surface area (Å²) in [4.78, 5) is 2.25. The van der Waals surface area contributed by atoms with Crippen LogP contribution < -0.4 is 0 Å². The quantitative estimate of drug-likeness (QED) is 0.412. The lowest BCUT2D eigenvalue weighted by atomic mass is 10.6. The Bertz CT molecular complexity index is 31.6. The molecule has 0 aliphatic rings. The van der Waals surface area contributed by atoms with E-state index >= 15 is 0 Å². The molecule has 0 saturated carbocycles. The van der Waals surface area contributed by atoms with Gasteiger partial charge in [-0.2, -0.15) is 11.1 Å². The summed E-state index contributed by atoms with van der Waals surface area (Å²) in [6, 6.07) is 0. The van der Waals surface area contributed by atoms with Crippen molar-refractivity contribution in [1.29, 1.82) is 0 Å². The minimum absolute atomic E-state index is 0.778. The maximum atomic E-state index is 4.78. The van der Waals surface area contributed by atoms with Crippen LogP contribution in [0.5, 0.6) is 0 Å². The predicted molar refractivity (Wildman–Crippen MR) is 44.6 cm³/mol. The van der Waals surface area contributed by atoms with Gasteiger partial charge in [-0.15, -0.1) is 0 Å². The second-order valence-corrected chi connectivity index (χ2v) is 1.49. The minimum atomic E-state index is 0.778. The highest BCUT2D eigenvalue weighted by molar-refractivity contribution is 6.80. The molecule has 0 aromatic heterocycles. The smallest absolute Gasteiger partial charge is 0.109 e. The molecule has 8 heavy (non-hydrogen) atoms. The van der Waals surface area contributed by atoms with Crippen LogP contribution in [0.3, 0.4) is 0 Å². The molecule has 1 nitrogen and oxygen atoms in total. The lowest BCUT2D eigenvalue weighted by Crippen LogP contribution is -2.15. The molecule has 52 valence electrons. The van der Waals surface area contributed by atoms with Crippen LogP contribution in [0.15, 0.2) is 0 Å². The molecule has 0 fully saturated rings. The van der Waals surface area contributed by atoms with E-state index in [0.717, 1.165) is 22.6 Å². The average Bonchev–Trinajstić information content (AvgIpc) is 1.91. The first-order chi connectivity index (χ1) is 3.81. The molecule has 3 heteroatoms. The van der Waals surface area contributed by atoms with Crippen LogP contribution in [0.4, 0.5) is 0 Å². The maximum Gasteiger partial charge on any atom is 0.109 e. The summed E-state index contributed by atoms with van der Waals surface area (Å²) in [7, 11) is 2.89. The number of hydrogen-bond donors (Lipinski definition) is 0. The van der Waals surface area contributed by atoms with Gasteiger partial charge in [0, 0.05) is 0 Å². The first kappa shape index (κ1) is 11.3. The van der Waals surface area contributed by atoms with Crippen LogP contribution in [0, 0.1) is 0 Å². The van der Waals surface area contributed by atoms with Crippen LogP contribution in [0.25, 0.3) is 0 Å². The molecule has 0 rings (SSSR count). The molecule has 0 aliphatic carbocycles. The molecule has 0 unspecified atom stereocenters. The molecule has 0 aromatic rings. The summed E-state index contributed by atoms with van der Waals surface area (Å²) in [6.45, 7) is 6.64. The minimum Gasteiger partial charge on any atom is -0.307 e. The van der Waals surface area contributed by atoms with E-state index in [2.05, 4.69) is 25.8 Å². The van der Waals surface area contributed by atoms with Crippen molar-refractivity contribution < 1.29 is 0 Å². The van der Waals surface area contributed by atoms with Crippen molar-refractivity contribution in [3.8, 4) is 0 Å². The van der Waals surface area contributed by atoms with Crippen LogP contribution >= 0.6 is 11.1 Å². The summed E-state index contributed by atoms with van der Waals surface area (Å²) >= 11 is 4.78. The van der Waals surface area contributed by atoms with Gasteiger partial charge in [0.15, 0.2) is 0 Å². The van der Waals surface area contributed by atoms with Crippen LogP contribution in [-0.2, 0) is 0 Å². The molecule has 0 N–H and O–H groups in total. The average molecular weight is 154 g/mol. The van der Waals surface area contributed by atoms with Crippen molar-refractivity contribution in [3.05, 3.63) is 0 Å². The third-order valence-corrected chi connectivity index (χ3v) is 1.08. The topological polar surface area (TPSA) is 3.24 Å². The van der Waals surface area contributed by atoms with Gasteiger partial charge in [0.1, 0.15) is 9.55 Å². The van der Waals surface area contributed by atoms with Gasteiger partial charge in [0.2, 0.25) is 0 Å². The zero-order chi connectivity index (χ0) is 6.99. The van der Waals surface area contributed by atoms with E-state index in [0.29, 0.717) is 0 Å². The van der Waals surface area contributed by atoms with Crippen LogP contribution in [-0.4, -0.2) is 34.6 Å². The summed E-state index contributed by atoms with van der Waals surface area (Å²) in [5.74, 6) is 0. The Morgan fingerprint density at radius 2 is 1.50 bits per heavy atom. The molecule has 0 radical (unpaired) electrons. The second-order valence-electron chi connectivity index (χ2n) is 1.49. The second kappa shape index (κ2) is 10.4. The van der Waals surface area contributed by atoms with E-state index in [1.54, 1.807) is 0 Å². The van der Waals surface area contributed by atoms with Gasteiger partial charge in [0.05, 0.1) is 0 Å². The van der Waals surface area contributed by atoms with E-state index in [1.807, 2.05) is 0 Å². The molecule has 0 aromatic carbocycles. The number of hydrogen-bond acceptors (Lipinski definition) is 1. The lowest BCUT2D eigenvalue weighted by Gasteiger charge is -2.07. The molecule has 0 heterocycles. The Morgan fingerprint density at radius 1 is 1.25 bits per heavy atom. The highest BCUT2D eigenvalue weighted by atomic mass is 35.6. The highest BCUT2D eigenvalue weighted by Gasteiger charge is 1.81.